The number of carbonyl (C=O) groups excluding carboxylic acids is 1. The summed E-state index contributed by atoms with van der Waals surface area (Å²) in [6.45, 7) is 2.27. The summed E-state index contributed by atoms with van der Waals surface area (Å²) in [5, 5.41) is 2.86. The molecule has 0 saturated carbocycles. The normalized spacial score (nSPS) is 13.0. The van der Waals surface area contributed by atoms with E-state index in [1.165, 1.54) is 0 Å². The zero-order chi connectivity index (χ0) is 16.0. The Morgan fingerprint density at radius 3 is 2.57 bits per heavy atom. The van der Waals surface area contributed by atoms with Crippen molar-refractivity contribution in [2.75, 3.05) is 13.7 Å². The van der Waals surface area contributed by atoms with Crippen LogP contribution in [-0.4, -0.2) is 19.6 Å². The van der Waals surface area contributed by atoms with E-state index in [1.807, 2.05) is 6.92 Å². The maximum atomic E-state index is 13.1. The Kier molecular flexibility index (Phi) is 6.14. The monoisotopic (exact) mass is 307 g/mol. The van der Waals surface area contributed by atoms with Crippen LogP contribution in [0.2, 0.25) is 0 Å². The van der Waals surface area contributed by atoms with Crippen LogP contribution in [0, 0.1) is 5.82 Å². The van der Waals surface area contributed by atoms with Crippen LogP contribution in [0.15, 0.2) is 18.2 Å². The number of benzene rings is 1. The lowest BCUT2D eigenvalue weighted by molar-refractivity contribution is -0.143. The van der Waals surface area contributed by atoms with E-state index >= 15 is 0 Å². The average Bonchev–Trinajstić information content (AvgIpc) is 2.42. The van der Waals surface area contributed by atoms with E-state index in [9.17, 15) is 22.4 Å². The highest BCUT2D eigenvalue weighted by Gasteiger charge is 2.36. The first-order valence-electron chi connectivity index (χ1n) is 6.46. The number of nitrogens with one attached hydrogen (secondary N) is 1. The molecule has 21 heavy (non-hydrogen) atoms. The first-order valence-corrected chi connectivity index (χ1v) is 6.46. The van der Waals surface area contributed by atoms with Gasteiger partial charge in [-0.05, 0) is 30.7 Å². The third kappa shape index (κ3) is 5.00. The summed E-state index contributed by atoms with van der Waals surface area (Å²) in [4.78, 5) is 11.4. The predicted molar refractivity (Wildman–Crippen MR) is 69.1 cm³/mol. The van der Waals surface area contributed by atoms with Crippen molar-refractivity contribution in [3.05, 3.63) is 35.1 Å². The standard InChI is InChI=1S/C14H17F4NO2/c1-3-6-19-12(8-13(20)21-2)10-5-4-9(15)7-11(10)14(16,17)18/h4-5,7,12,19H,3,6,8H2,1-2H3. The van der Waals surface area contributed by atoms with Crippen molar-refractivity contribution in [1.82, 2.24) is 5.32 Å². The van der Waals surface area contributed by atoms with E-state index in [0.29, 0.717) is 19.0 Å². The molecule has 0 heterocycles. The zero-order valence-corrected chi connectivity index (χ0v) is 11.8. The number of carbonyl (C=O) groups is 1. The number of esters is 1. The molecule has 1 aromatic rings. The molecule has 0 aliphatic carbocycles. The smallest absolute Gasteiger partial charge is 0.416 e. The molecule has 1 rings (SSSR count). The van der Waals surface area contributed by atoms with Gasteiger partial charge in [-0.25, -0.2) is 4.39 Å². The Balaban J connectivity index is 3.19. The minimum Gasteiger partial charge on any atom is -0.469 e. The molecule has 1 N–H and O–H groups in total. The summed E-state index contributed by atoms with van der Waals surface area (Å²) in [7, 11) is 1.16. The highest BCUT2D eigenvalue weighted by atomic mass is 19.4. The molecule has 3 nitrogen and oxygen atoms in total. The lowest BCUT2D eigenvalue weighted by Crippen LogP contribution is -2.27. The fraction of sp³-hybridized carbons (Fsp3) is 0.500. The Bertz CT molecular complexity index is 488. The molecule has 0 amide bonds. The van der Waals surface area contributed by atoms with E-state index in [-0.39, 0.29) is 12.0 Å². The first kappa shape index (κ1) is 17.4. The molecule has 118 valence electrons. The van der Waals surface area contributed by atoms with Crippen LogP contribution in [0.25, 0.3) is 0 Å². The molecule has 0 radical (unpaired) electrons. The SMILES string of the molecule is CCCNC(CC(=O)OC)c1ccc(F)cc1C(F)(F)F. The number of hydrogen-bond acceptors (Lipinski definition) is 3. The van der Waals surface area contributed by atoms with Gasteiger partial charge in [-0.3, -0.25) is 4.79 Å². The van der Waals surface area contributed by atoms with Crippen LogP contribution < -0.4 is 5.32 Å². The minimum atomic E-state index is -4.69. The molecule has 0 aromatic heterocycles. The first-order chi connectivity index (χ1) is 9.79. The fourth-order valence-electron chi connectivity index (χ4n) is 1.94. The highest BCUT2D eigenvalue weighted by Crippen LogP contribution is 2.36. The quantitative estimate of drug-likeness (QED) is 0.646. The van der Waals surface area contributed by atoms with Gasteiger partial charge in [0.15, 0.2) is 0 Å². The van der Waals surface area contributed by atoms with Gasteiger partial charge < -0.3 is 10.1 Å². The fourth-order valence-corrected chi connectivity index (χ4v) is 1.94. The number of rotatable bonds is 6. The van der Waals surface area contributed by atoms with Gasteiger partial charge in [0.1, 0.15) is 5.82 Å². The van der Waals surface area contributed by atoms with Gasteiger partial charge in [0.25, 0.3) is 0 Å². The van der Waals surface area contributed by atoms with Gasteiger partial charge in [-0.15, -0.1) is 0 Å². The topological polar surface area (TPSA) is 38.3 Å². The number of methoxy groups -OCH3 is 1. The number of alkyl halides is 3. The molecule has 1 atom stereocenters. The van der Waals surface area contributed by atoms with Crippen LogP contribution in [0.4, 0.5) is 17.6 Å². The molecule has 1 aromatic carbocycles. The van der Waals surface area contributed by atoms with Gasteiger partial charge in [0.2, 0.25) is 0 Å². The highest BCUT2D eigenvalue weighted by molar-refractivity contribution is 5.70. The lowest BCUT2D eigenvalue weighted by atomic mass is 9.97. The molecule has 0 fully saturated rings. The van der Waals surface area contributed by atoms with Gasteiger partial charge in [0.05, 0.1) is 19.1 Å². The van der Waals surface area contributed by atoms with E-state index in [0.717, 1.165) is 19.2 Å². The summed E-state index contributed by atoms with van der Waals surface area (Å²) < 4.78 is 56.7. The number of hydrogen-bond donors (Lipinski definition) is 1. The summed E-state index contributed by atoms with van der Waals surface area (Å²) in [6.07, 6.45) is -4.27. The largest absolute Gasteiger partial charge is 0.469 e. The van der Waals surface area contributed by atoms with Crippen molar-refractivity contribution in [2.45, 2.75) is 32.0 Å². The van der Waals surface area contributed by atoms with Crippen molar-refractivity contribution in [1.29, 1.82) is 0 Å². The van der Waals surface area contributed by atoms with Gasteiger partial charge >= 0.3 is 12.1 Å². The molecular weight excluding hydrogens is 290 g/mol. The van der Waals surface area contributed by atoms with E-state index in [2.05, 4.69) is 10.1 Å². The van der Waals surface area contributed by atoms with Crippen LogP contribution in [0.3, 0.4) is 0 Å². The van der Waals surface area contributed by atoms with Crippen molar-refractivity contribution in [2.24, 2.45) is 0 Å². The van der Waals surface area contributed by atoms with Crippen LogP contribution in [-0.2, 0) is 15.7 Å². The number of ether oxygens (including phenoxy) is 1. The molecule has 0 aliphatic rings. The van der Waals surface area contributed by atoms with E-state index in [4.69, 9.17) is 0 Å². The molecule has 1 unspecified atom stereocenters. The molecule has 7 heteroatoms. The molecular formula is C14H17F4NO2. The molecule has 0 bridgehead atoms. The maximum Gasteiger partial charge on any atom is 0.416 e. The Morgan fingerprint density at radius 1 is 1.38 bits per heavy atom. The van der Waals surface area contributed by atoms with Gasteiger partial charge in [-0.2, -0.15) is 13.2 Å². The van der Waals surface area contributed by atoms with Crippen LogP contribution >= 0.6 is 0 Å². The molecule has 0 spiro atoms. The van der Waals surface area contributed by atoms with Crippen molar-refractivity contribution in [3.8, 4) is 0 Å². The average molecular weight is 307 g/mol. The second kappa shape index (κ2) is 7.40. The van der Waals surface area contributed by atoms with Crippen molar-refractivity contribution >= 4 is 5.97 Å². The van der Waals surface area contributed by atoms with E-state index < -0.39 is 29.6 Å². The maximum absolute atomic E-state index is 13.1. The Morgan fingerprint density at radius 2 is 2.05 bits per heavy atom. The third-order valence-electron chi connectivity index (χ3n) is 2.94. The predicted octanol–water partition coefficient (Wildman–Crippen LogP) is 3.45. The summed E-state index contributed by atoms with van der Waals surface area (Å²) >= 11 is 0. The van der Waals surface area contributed by atoms with Gasteiger partial charge in [0, 0.05) is 6.04 Å². The van der Waals surface area contributed by atoms with Crippen LogP contribution in [0.1, 0.15) is 36.9 Å². The van der Waals surface area contributed by atoms with Gasteiger partial charge in [-0.1, -0.05) is 13.0 Å². The lowest BCUT2D eigenvalue weighted by Gasteiger charge is -2.22. The molecule has 0 aliphatic heterocycles. The van der Waals surface area contributed by atoms with Crippen molar-refractivity contribution in [3.63, 3.8) is 0 Å². The summed E-state index contributed by atoms with van der Waals surface area (Å²) in [6, 6.07) is 1.55. The Labute approximate surface area is 120 Å². The van der Waals surface area contributed by atoms with E-state index in [1.54, 1.807) is 0 Å². The number of halogens is 4. The van der Waals surface area contributed by atoms with Crippen molar-refractivity contribution < 1.29 is 27.1 Å². The Hall–Kier alpha value is -1.63. The second-order valence-corrected chi connectivity index (χ2v) is 4.52. The second-order valence-electron chi connectivity index (χ2n) is 4.52. The third-order valence-corrected chi connectivity index (χ3v) is 2.94. The zero-order valence-electron chi connectivity index (χ0n) is 11.8. The summed E-state index contributed by atoms with van der Waals surface area (Å²) in [5.41, 5.74) is -1.25. The summed E-state index contributed by atoms with van der Waals surface area (Å²) in [5.74, 6) is -1.61. The van der Waals surface area contributed by atoms with Crippen LogP contribution in [0.5, 0.6) is 0 Å². The molecule has 0 saturated heterocycles. The minimum absolute atomic E-state index is 0.164.